The molecular weight excluding hydrogens is 376 g/mol. The van der Waals surface area contributed by atoms with Crippen LogP contribution in [-0.4, -0.2) is 28.3 Å². The lowest BCUT2D eigenvalue weighted by atomic mass is 10.2. The number of ether oxygens (including phenoxy) is 1. The zero-order chi connectivity index (χ0) is 19.8. The Balaban J connectivity index is 1.46. The summed E-state index contributed by atoms with van der Waals surface area (Å²) in [4.78, 5) is 23.6. The molecule has 2 aromatic heterocycles. The van der Waals surface area contributed by atoms with Gasteiger partial charge in [0, 0.05) is 17.8 Å². The molecule has 1 amide bonds. The highest BCUT2D eigenvalue weighted by Gasteiger charge is 2.10. The van der Waals surface area contributed by atoms with Crippen molar-refractivity contribution in [3.8, 4) is 6.07 Å². The van der Waals surface area contributed by atoms with Gasteiger partial charge < -0.3 is 10.1 Å². The second-order valence-electron chi connectivity index (χ2n) is 5.72. The molecule has 3 aromatic rings. The van der Waals surface area contributed by atoms with Gasteiger partial charge in [0.05, 0.1) is 18.3 Å². The Labute approximate surface area is 165 Å². The summed E-state index contributed by atoms with van der Waals surface area (Å²) in [5, 5.41) is 17.8. The van der Waals surface area contributed by atoms with Crippen LogP contribution in [0, 0.1) is 11.3 Å². The van der Waals surface area contributed by atoms with Gasteiger partial charge in [-0.25, -0.2) is 4.79 Å². The van der Waals surface area contributed by atoms with Crippen LogP contribution in [0.2, 0.25) is 0 Å². The number of thiophene rings is 1. The third-order valence-corrected chi connectivity index (χ3v) is 4.47. The van der Waals surface area contributed by atoms with Crippen LogP contribution in [0.1, 0.15) is 16.7 Å². The molecule has 7 nitrogen and oxygen atoms in total. The number of benzene rings is 1. The van der Waals surface area contributed by atoms with E-state index in [1.54, 1.807) is 28.4 Å². The van der Waals surface area contributed by atoms with Crippen LogP contribution < -0.4 is 5.32 Å². The van der Waals surface area contributed by atoms with E-state index in [1.807, 2.05) is 42.6 Å². The Morgan fingerprint density at radius 2 is 2.11 bits per heavy atom. The third kappa shape index (κ3) is 5.40. The van der Waals surface area contributed by atoms with Crippen molar-refractivity contribution in [3.05, 3.63) is 76.9 Å². The van der Waals surface area contributed by atoms with Gasteiger partial charge in [0.15, 0.2) is 6.61 Å². The molecule has 2 heterocycles. The first-order chi connectivity index (χ1) is 13.6. The van der Waals surface area contributed by atoms with Gasteiger partial charge in [0.2, 0.25) is 0 Å². The lowest BCUT2D eigenvalue weighted by molar-refractivity contribution is -0.142. The van der Waals surface area contributed by atoms with Gasteiger partial charge >= 0.3 is 5.97 Å². The fourth-order valence-corrected chi connectivity index (χ4v) is 3.08. The summed E-state index contributed by atoms with van der Waals surface area (Å²) in [5.74, 6) is -1.14. The van der Waals surface area contributed by atoms with E-state index in [0.717, 1.165) is 11.1 Å². The minimum absolute atomic E-state index is 0.372. The van der Waals surface area contributed by atoms with Gasteiger partial charge in [-0.05, 0) is 23.1 Å². The number of carbonyl (C=O) groups excluding carboxylic acids is 2. The standard InChI is InChI=1S/C20H16N4O3S/c21-10-17-8-9-28-20(17)23-18(25)14-27-19(26)7-6-16-11-22-24(13-16)12-15-4-2-1-3-5-15/h1-9,11,13H,12,14H2,(H,23,25)/b7-6+. The molecule has 1 aromatic carbocycles. The Hall–Kier alpha value is -3.70. The number of nitrogens with one attached hydrogen (secondary N) is 1. The van der Waals surface area contributed by atoms with Crippen molar-refractivity contribution >= 4 is 34.3 Å². The van der Waals surface area contributed by atoms with Crippen molar-refractivity contribution in [2.24, 2.45) is 0 Å². The highest BCUT2D eigenvalue weighted by molar-refractivity contribution is 7.14. The fraction of sp³-hybridized carbons (Fsp3) is 0.100. The quantitative estimate of drug-likeness (QED) is 0.492. The summed E-state index contributed by atoms with van der Waals surface area (Å²) in [6, 6.07) is 13.5. The number of amides is 1. The summed E-state index contributed by atoms with van der Waals surface area (Å²) in [6.07, 6.45) is 6.26. The van der Waals surface area contributed by atoms with Crippen LogP contribution >= 0.6 is 11.3 Å². The molecule has 28 heavy (non-hydrogen) atoms. The molecule has 0 unspecified atom stereocenters. The summed E-state index contributed by atoms with van der Waals surface area (Å²) in [6.45, 7) is 0.200. The normalized spacial score (nSPS) is 10.5. The molecule has 0 spiro atoms. The highest BCUT2D eigenvalue weighted by atomic mass is 32.1. The topological polar surface area (TPSA) is 97.0 Å². The third-order valence-electron chi connectivity index (χ3n) is 3.64. The van der Waals surface area contributed by atoms with Crippen molar-refractivity contribution in [2.45, 2.75) is 6.54 Å². The maximum atomic E-state index is 11.8. The number of hydrogen-bond donors (Lipinski definition) is 1. The Morgan fingerprint density at radius 1 is 1.29 bits per heavy atom. The zero-order valence-corrected chi connectivity index (χ0v) is 15.6. The van der Waals surface area contributed by atoms with Crippen molar-refractivity contribution in [1.82, 2.24) is 9.78 Å². The second kappa shape index (κ2) is 9.30. The highest BCUT2D eigenvalue weighted by Crippen LogP contribution is 2.21. The number of aromatic nitrogens is 2. The Bertz CT molecular complexity index is 1030. The molecule has 0 saturated heterocycles. The minimum atomic E-state index is -0.641. The molecule has 0 fully saturated rings. The van der Waals surface area contributed by atoms with E-state index in [0.29, 0.717) is 17.1 Å². The summed E-state index contributed by atoms with van der Waals surface area (Å²) in [7, 11) is 0. The molecule has 0 saturated carbocycles. The largest absolute Gasteiger partial charge is 0.452 e. The maximum Gasteiger partial charge on any atom is 0.331 e. The first-order valence-corrected chi connectivity index (χ1v) is 9.20. The number of carbonyl (C=O) groups is 2. The number of nitriles is 1. The molecule has 0 atom stereocenters. The molecule has 1 N–H and O–H groups in total. The second-order valence-corrected chi connectivity index (χ2v) is 6.64. The Kier molecular flexibility index (Phi) is 6.33. The summed E-state index contributed by atoms with van der Waals surface area (Å²) < 4.78 is 6.67. The van der Waals surface area contributed by atoms with Crippen molar-refractivity contribution < 1.29 is 14.3 Å². The van der Waals surface area contributed by atoms with E-state index in [9.17, 15) is 9.59 Å². The average molecular weight is 392 g/mol. The van der Waals surface area contributed by atoms with E-state index >= 15 is 0 Å². The van der Waals surface area contributed by atoms with Crippen LogP contribution in [-0.2, 0) is 20.9 Å². The van der Waals surface area contributed by atoms with Crippen molar-refractivity contribution in [1.29, 1.82) is 5.26 Å². The van der Waals surface area contributed by atoms with Crippen LogP contribution in [0.5, 0.6) is 0 Å². The van der Waals surface area contributed by atoms with Crippen molar-refractivity contribution in [2.75, 3.05) is 11.9 Å². The molecule has 3 rings (SSSR count). The van der Waals surface area contributed by atoms with Crippen LogP contribution in [0.25, 0.3) is 6.08 Å². The molecule has 0 radical (unpaired) electrons. The van der Waals surface area contributed by atoms with Gasteiger partial charge in [-0.15, -0.1) is 11.3 Å². The van der Waals surface area contributed by atoms with Gasteiger partial charge in [0.25, 0.3) is 5.91 Å². The monoisotopic (exact) mass is 392 g/mol. The Morgan fingerprint density at radius 3 is 2.89 bits per heavy atom. The zero-order valence-electron chi connectivity index (χ0n) is 14.7. The van der Waals surface area contributed by atoms with E-state index < -0.39 is 18.5 Å². The SMILES string of the molecule is N#Cc1ccsc1NC(=O)COC(=O)/C=C/c1cnn(Cc2ccccc2)c1. The number of hydrogen-bond acceptors (Lipinski definition) is 6. The molecule has 0 aliphatic rings. The number of anilines is 1. The minimum Gasteiger partial charge on any atom is -0.452 e. The maximum absolute atomic E-state index is 11.8. The van der Waals surface area contributed by atoms with Gasteiger partial charge in [0.1, 0.15) is 11.1 Å². The molecule has 0 bridgehead atoms. The molecule has 8 heteroatoms. The molecular formula is C20H16N4O3S. The predicted octanol–water partition coefficient (Wildman–Crippen LogP) is 3.06. The van der Waals surface area contributed by atoms with Gasteiger partial charge in [-0.2, -0.15) is 10.4 Å². The predicted molar refractivity (Wildman–Crippen MR) is 105 cm³/mol. The number of nitrogens with zero attached hydrogens (tertiary/aromatic N) is 3. The molecule has 0 aliphatic carbocycles. The van der Waals surface area contributed by atoms with Gasteiger partial charge in [-0.3, -0.25) is 9.48 Å². The van der Waals surface area contributed by atoms with E-state index in [-0.39, 0.29) is 0 Å². The van der Waals surface area contributed by atoms with Gasteiger partial charge in [-0.1, -0.05) is 30.3 Å². The summed E-state index contributed by atoms with van der Waals surface area (Å²) in [5.41, 5.74) is 2.24. The summed E-state index contributed by atoms with van der Waals surface area (Å²) >= 11 is 1.23. The first kappa shape index (κ1) is 19.1. The first-order valence-electron chi connectivity index (χ1n) is 8.32. The van der Waals surface area contributed by atoms with E-state index in [4.69, 9.17) is 10.00 Å². The lowest BCUT2D eigenvalue weighted by Crippen LogP contribution is -2.19. The van der Waals surface area contributed by atoms with Crippen LogP contribution in [0.15, 0.2) is 60.2 Å². The fourth-order valence-electron chi connectivity index (χ4n) is 2.33. The lowest BCUT2D eigenvalue weighted by Gasteiger charge is -2.03. The number of esters is 1. The van der Waals surface area contributed by atoms with Crippen LogP contribution in [0.4, 0.5) is 5.00 Å². The van der Waals surface area contributed by atoms with E-state index in [2.05, 4.69) is 10.4 Å². The number of rotatable bonds is 7. The van der Waals surface area contributed by atoms with Crippen molar-refractivity contribution in [3.63, 3.8) is 0 Å². The average Bonchev–Trinajstić information content (AvgIpc) is 3.34. The smallest absolute Gasteiger partial charge is 0.331 e. The van der Waals surface area contributed by atoms with E-state index in [1.165, 1.54) is 17.4 Å². The molecule has 140 valence electrons. The van der Waals surface area contributed by atoms with Crippen LogP contribution in [0.3, 0.4) is 0 Å². The molecule has 0 aliphatic heterocycles.